The highest BCUT2D eigenvalue weighted by atomic mass is 16.2. The summed E-state index contributed by atoms with van der Waals surface area (Å²) in [5, 5.41) is 3.98. The molecular weight excluding hydrogens is 196 g/mol. The number of carbonyl (C=O) groups is 2. The third-order valence-corrected chi connectivity index (χ3v) is 1.79. The summed E-state index contributed by atoms with van der Waals surface area (Å²) in [5.41, 5.74) is 8.10. The summed E-state index contributed by atoms with van der Waals surface area (Å²) >= 11 is 0. The predicted molar refractivity (Wildman–Crippen MR) is 57.7 cm³/mol. The van der Waals surface area contributed by atoms with Crippen LogP contribution in [0.1, 0.15) is 13.8 Å². The molecule has 0 spiro atoms. The Labute approximate surface area is 90.2 Å². The highest BCUT2D eigenvalue weighted by Crippen LogP contribution is 1.97. The van der Waals surface area contributed by atoms with Crippen LogP contribution in [0.5, 0.6) is 0 Å². The van der Waals surface area contributed by atoms with Gasteiger partial charge in [0.2, 0.25) is 5.91 Å². The van der Waals surface area contributed by atoms with Crippen molar-refractivity contribution < 1.29 is 9.59 Å². The van der Waals surface area contributed by atoms with Crippen molar-refractivity contribution in [1.82, 2.24) is 15.8 Å². The Morgan fingerprint density at radius 1 is 1.33 bits per heavy atom. The van der Waals surface area contributed by atoms with E-state index in [4.69, 9.17) is 5.73 Å². The molecular formula is C9H20N4O2. The van der Waals surface area contributed by atoms with E-state index in [2.05, 4.69) is 10.7 Å². The smallest absolute Gasteiger partial charge is 0.253 e. The minimum atomic E-state index is -0.572. The van der Waals surface area contributed by atoms with Crippen molar-refractivity contribution in [3.63, 3.8) is 0 Å². The Balaban J connectivity index is 3.85. The summed E-state index contributed by atoms with van der Waals surface area (Å²) in [7, 11) is 3.39. The minimum Gasteiger partial charge on any atom is -0.346 e. The number of hydrazine groups is 1. The van der Waals surface area contributed by atoms with E-state index in [1.54, 1.807) is 14.1 Å². The van der Waals surface area contributed by atoms with Crippen LogP contribution < -0.4 is 16.5 Å². The first-order valence-corrected chi connectivity index (χ1v) is 4.84. The summed E-state index contributed by atoms with van der Waals surface area (Å²) in [6.07, 6.45) is 0. The van der Waals surface area contributed by atoms with Crippen molar-refractivity contribution in [2.24, 2.45) is 11.7 Å². The van der Waals surface area contributed by atoms with Gasteiger partial charge in [0.15, 0.2) is 0 Å². The molecule has 15 heavy (non-hydrogen) atoms. The van der Waals surface area contributed by atoms with Gasteiger partial charge in [0.1, 0.15) is 0 Å². The fourth-order valence-electron chi connectivity index (χ4n) is 0.877. The molecule has 4 N–H and O–H groups in total. The normalized spacial score (nSPS) is 12.7. The highest BCUT2D eigenvalue weighted by molar-refractivity contribution is 5.87. The number of carbonyl (C=O) groups excluding carboxylic acids is 2. The molecule has 6 heteroatoms. The van der Waals surface area contributed by atoms with E-state index in [0.717, 1.165) is 0 Å². The average molecular weight is 216 g/mol. The second-order valence-electron chi connectivity index (χ2n) is 3.92. The summed E-state index contributed by atoms with van der Waals surface area (Å²) in [4.78, 5) is 22.5. The third-order valence-electron chi connectivity index (χ3n) is 1.79. The predicted octanol–water partition coefficient (Wildman–Crippen LogP) is -1.32. The lowest BCUT2D eigenvalue weighted by atomic mass is 10.1. The van der Waals surface area contributed by atoms with E-state index in [1.807, 2.05) is 13.8 Å². The molecule has 0 saturated heterocycles. The zero-order chi connectivity index (χ0) is 12.0. The van der Waals surface area contributed by atoms with Gasteiger partial charge in [-0.2, -0.15) is 0 Å². The third kappa shape index (κ3) is 6.03. The largest absolute Gasteiger partial charge is 0.346 e. The van der Waals surface area contributed by atoms with Gasteiger partial charge in [-0.15, -0.1) is 0 Å². The summed E-state index contributed by atoms with van der Waals surface area (Å²) < 4.78 is 0. The van der Waals surface area contributed by atoms with Gasteiger partial charge in [-0.05, 0) is 5.92 Å². The zero-order valence-corrected chi connectivity index (χ0v) is 9.70. The van der Waals surface area contributed by atoms with Crippen molar-refractivity contribution in [3.05, 3.63) is 0 Å². The standard InChI is InChI=1S/C9H20N4O2/c1-6(2)8(10)9(15)11-5-7(14)12-13(3)4/h6,8H,5,10H2,1-4H3,(H,11,15)(H,12,14)/t8-/m0/s1. The highest BCUT2D eigenvalue weighted by Gasteiger charge is 2.17. The first kappa shape index (κ1) is 13.9. The lowest BCUT2D eigenvalue weighted by Gasteiger charge is -2.16. The first-order chi connectivity index (χ1) is 6.84. The van der Waals surface area contributed by atoms with E-state index >= 15 is 0 Å². The Morgan fingerprint density at radius 3 is 2.27 bits per heavy atom. The summed E-state index contributed by atoms with van der Waals surface area (Å²) in [6.45, 7) is 3.64. The summed E-state index contributed by atoms with van der Waals surface area (Å²) in [6, 6.07) is -0.572. The van der Waals surface area contributed by atoms with Gasteiger partial charge < -0.3 is 11.1 Å². The number of nitrogens with zero attached hydrogens (tertiary/aromatic N) is 1. The van der Waals surface area contributed by atoms with Crippen LogP contribution in [-0.2, 0) is 9.59 Å². The number of hydrogen-bond acceptors (Lipinski definition) is 4. The van der Waals surface area contributed by atoms with E-state index in [9.17, 15) is 9.59 Å². The van der Waals surface area contributed by atoms with Crippen LogP contribution in [0.2, 0.25) is 0 Å². The number of amides is 2. The Bertz CT molecular complexity index is 228. The fourth-order valence-corrected chi connectivity index (χ4v) is 0.877. The maximum Gasteiger partial charge on any atom is 0.253 e. The van der Waals surface area contributed by atoms with Gasteiger partial charge in [-0.25, -0.2) is 5.01 Å². The summed E-state index contributed by atoms with van der Waals surface area (Å²) in [5.74, 6) is -0.523. The molecule has 1 atom stereocenters. The molecule has 0 rings (SSSR count). The quantitative estimate of drug-likeness (QED) is 0.497. The fraction of sp³-hybridized carbons (Fsp3) is 0.778. The van der Waals surface area contributed by atoms with Crippen LogP contribution in [-0.4, -0.2) is 43.5 Å². The van der Waals surface area contributed by atoms with Gasteiger partial charge in [0.25, 0.3) is 5.91 Å². The van der Waals surface area contributed by atoms with Crippen molar-refractivity contribution in [1.29, 1.82) is 0 Å². The molecule has 0 aromatic rings. The zero-order valence-electron chi connectivity index (χ0n) is 9.70. The molecule has 0 aliphatic carbocycles. The molecule has 0 aromatic carbocycles. The van der Waals surface area contributed by atoms with Crippen molar-refractivity contribution in [2.75, 3.05) is 20.6 Å². The molecule has 88 valence electrons. The van der Waals surface area contributed by atoms with Crippen molar-refractivity contribution in [3.8, 4) is 0 Å². The average Bonchev–Trinajstić information content (AvgIpc) is 2.11. The van der Waals surface area contributed by atoms with Crippen molar-refractivity contribution in [2.45, 2.75) is 19.9 Å². The monoisotopic (exact) mass is 216 g/mol. The molecule has 0 fully saturated rings. The number of nitrogens with one attached hydrogen (secondary N) is 2. The molecule has 0 bridgehead atoms. The molecule has 0 heterocycles. The van der Waals surface area contributed by atoms with E-state index in [-0.39, 0.29) is 24.3 Å². The molecule has 6 nitrogen and oxygen atoms in total. The first-order valence-electron chi connectivity index (χ1n) is 4.84. The molecule has 0 aliphatic rings. The van der Waals surface area contributed by atoms with Gasteiger partial charge in [-0.1, -0.05) is 13.8 Å². The molecule has 0 aromatic heterocycles. The minimum absolute atomic E-state index is 0.0573. The lowest BCUT2D eigenvalue weighted by Crippen LogP contribution is -2.48. The van der Waals surface area contributed by atoms with E-state index < -0.39 is 6.04 Å². The Kier molecular flexibility index (Phi) is 5.88. The van der Waals surface area contributed by atoms with Gasteiger partial charge >= 0.3 is 0 Å². The maximum atomic E-state index is 11.3. The van der Waals surface area contributed by atoms with Gasteiger partial charge in [-0.3, -0.25) is 15.0 Å². The molecule has 0 saturated carbocycles. The lowest BCUT2D eigenvalue weighted by molar-refractivity contribution is -0.129. The molecule has 2 amide bonds. The number of nitrogens with two attached hydrogens (primary N) is 1. The SMILES string of the molecule is CC(C)[C@H](N)C(=O)NCC(=O)NN(C)C. The number of hydrogen-bond donors (Lipinski definition) is 3. The van der Waals surface area contributed by atoms with Crippen LogP contribution in [0.3, 0.4) is 0 Å². The Hall–Kier alpha value is -1.14. The van der Waals surface area contributed by atoms with E-state index in [0.29, 0.717) is 0 Å². The molecule has 0 unspecified atom stereocenters. The van der Waals surface area contributed by atoms with Crippen molar-refractivity contribution >= 4 is 11.8 Å². The topological polar surface area (TPSA) is 87.5 Å². The van der Waals surface area contributed by atoms with E-state index in [1.165, 1.54) is 5.01 Å². The van der Waals surface area contributed by atoms with Gasteiger partial charge in [0.05, 0.1) is 12.6 Å². The Morgan fingerprint density at radius 2 is 1.87 bits per heavy atom. The van der Waals surface area contributed by atoms with Crippen LogP contribution in [0.15, 0.2) is 0 Å². The number of rotatable bonds is 5. The van der Waals surface area contributed by atoms with Gasteiger partial charge in [0, 0.05) is 14.1 Å². The second-order valence-corrected chi connectivity index (χ2v) is 3.92. The molecule has 0 radical (unpaired) electrons. The molecule has 0 aliphatic heterocycles. The maximum absolute atomic E-state index is 11.3. The van der Waals surface area contributed by atoms with Crippen LogP contribution in [0.4, 0.5) is 0 Å². The second kappa shape index (κ2) is 6.36. The van der Waals surface area contributed by atoms with Crippen LogP contribution in [0, 0.1) is 5.92 Å². The van der Waals surface area contributed by atoms with Crippen LogP contribution in [0.25, 0.3) is 0 Å². The van der Waals surface area contributed by atoms with Crippen LogP contribution >= 0.6 is 0 Å².